The van der Waals surface area contributed by atoms with E-state index in [0.717, 1.165) is 28.4 Å². The number of rotatable bonds is 3. The molecule has 0 radical (unpaired) electrons. The molecule has 0 aliphatic carbocycles. The number of Topliss-reactive ketones (excluding diaryl/α,β-unsaturated/α-hetero) is 1. The number of aliphatic imine (C=N–C) groups is 1. The number of nitrogens with zero attached hydrogens (tertiary/aromatic N) is 4. The van der Waals surface area contributed by atoms with Gasteiger partial charge in [0.05, 0.1) is 11.4 Å². The zero-order valence-corrected chi connectivity index (χ0v) is 15.2. The van der Waals surface area contributed by atoms with Crippen molar-refractivity contribution in [2.24, 2.45) is 4.99 Å². The van der Waals surface area contributed by atoms with Gasteiger partial charge in [0, 0.05) is 22.6 Å². The Balaban J connectivity index is 1.99. The summed E-state index contributed by atoms with van der Waals surface area (Å²) in [6.07, 6.45) is 0.281. The van der Waals surface area contributed by atoms with Gasteiger partial charge in [0.2, 0.25) is 0 Å². The molecule has 4 rings (SSSR count). The monoisotopic (exact) mass is 364 g/mol. The molecule has 0 bridgehead atoms. The molecule has 1 aliphatic heterocycles. The first-order valence-corrected chi connectivity index (χ1v) is 8.77. The average molecular weight is 365 g/mol. The summed E-state index contributed by atoms with van der Waals surface area (Å²) in [5.41, 5.74) is 3.72. The molecule has 2 aromatic carbocycles. The maximum atomic E-state index is 11.9. The predicted molar refractivity (Wildman–Crippen MR) is 101 cm³/mol. The lowest BCUT2D eigenvalue weighted by Gasteiger charge is -2.12. The fourth-order valence-corrected chi connectivity index (χ4v) is 3.42. The number of aromatic nitrogens is 3. The molecule has 0 amide bonds. The second-order valence-corrected chi connectivity index (χ2v) is 6.80. The molecule has 26 heavy (non-hydrogen) atoms. The Morgan fingerprint density at radius 2 is 1.85 bits per heavy atom. The lowest BCUT2D eigenvalue weighted by atomic mass is 10.0. The van der Waals surface area contributed by atoms with E-state index in [0.29, 0.717) is 10.8 Å². The first-order chi connectivity index (χ1) is 12.5. The number of fused-ring (bicyclic) bond motifs is 3. The number of hydrogen-bond acceptors (Lipinski definition) is 4. The van der Waals surface area contributed by atoms with Crippen LogP contribution in [-0.2, 0) is 4.79 Å². The van der Waals surface area contributed by atoms with Crippen LogP contribution in [0, 0.1) is 6.92 Å². The largest absolute Gasteiger partial charge is 0.300 e. The summed E-state index contributed by atoms with van der Waals surface area (Å²) in [7, 11) is 0. The molecule has 1 aliphatic rings. The topological polar surface area (TPSA) is 60.1 Å². The van der Waals surface area contributed by atoms with E-state index >= 15 is 0 Å². The summed E-state index contributed by atoms with van der Waals surface area (Å²) in [5, 5.41) is 9.22. The molecule has 3 aromatic rings. The number of halogens is 1. The summed E-state index contributed by atoms with van der Waals surface area (Å²) in [6.45, 7) is 3.48. The Labute approximate surface area is 156 Å². The van der Waals surface area contributed by atoms with Crippen LogP contribution in [0.2, 0.25) is 5.02 Å². The highest BCUT2D eigenvalue weighted by molar-refractivity contribution is 6.30. The molecule has 0 unspecified atom stereocenters. The van der Waals surface area contributed by atoms with E-state index in [-0.39, 0.29) is 18.2 Å². The van der Waals surface area contributed by atoms with Crippen molar-refractivity contribution >= 4 is 23.1 Å². The van der Waals surface area contributed by atoms with E-state index in [1.807, 2.05) is 60.0 Å². The third kappa shape index (κ3) is 2.84. The summed E-state index contributed by atoms with van der Waals surface area (Å²) in [6, 6.07) is 15.2. The average Bonchev–Trinajstić information content (AvgIpc) is 2.94. The van der Waals surface area contributed by atoms with E-state index in [1.54, 1.807) is 6.92 Å². The number of benzene rings is 2. The number of ketones is 1. The second kappa shape index (κ2) is 6.50. The van der Waals surface area contributed by atoms with Crippen molar-refractivity contribution in [3.63, 3.8) is 0 Å². The maximum absolute atomic E-state index is 11.9. The fraction of sp³-hybridized carbons (Fsp3) is 0.200. The van der Waals surface area contributed by atoms with Gasteiger partial charge >= 0.3 is 0 Å². The molecule has 0 fully saturated rings. The van der Waals surface area contributed by atoms with Crippen molar-refractivity contribution in [3.05, 3.63) is 76.3 Å². The minimum atomic E-state index is -0.383. The summed E-state index contributed by atoms with van der Waals surface area (Å²) in [5.74, 6) is 1.52. The minimum absolute atomic E-state index is 0.0624. The smallest absolute Gasteiger partial charge is 0.162 e. The van der Waals surface area contributed by atoms with Gasteiger partial charge < -0.3 is 0 Å². The van der Waals surface area contributed by atoms with Crippen LogP contribution in [0.3, 0.4) is 0 Å². The maximum Gasteiger partial charge on any atom is 0.162 e. The van der Waals surface area contributed by atoms with Gasteiger partial charge in [-0.1, -0.05) is 41.9 Å². The molecular weight excluding hydrogens is 348 g/mol. The highest BCUT2D eigenvalue weighted by atomic mass is 35.5. The fourth-order valence-electron chi connectivity index (χ4n) is 3.29. The van der Waals surface area contributed by atoms with Crippen LogP contribution < -0.4 is 0 Å². The molecule has 0 spiro atoms. The van der Waals surface area contributed by atoms with Crippen LogP contribution in [0.15, 0.2) is 53.5 Å². The molecule has 0 N–H and O–H groups in total. The lowest BCUT2D eigenvalue weighted by Crippen LogP contribution is -2.09. The number of carbonyl (C=O) groups is 1. The Morgan fingerprint density at radius 1 is 1.12 bits per heavy atom. The number of aryl methyl sites for hydroxylation is 1. The van der Waals surface area contributed by atoms with Crippen LogP contribution in [0.1, 0.15) is 42.2 Å². The molecule has 130 valence electrons. The van der Waals surface area contributed by atoms with Gasteiger partial charge in [0.25, 0.3) is 0 Å². The third-order valence-electron chi connectivity index (χ3n) is 4.43. The zero-order valence-electron chi connectivity index (χ0n) is 14.5. The van der Waals surface area contributed by atoms with Gasteiger partial charge in [-0.15, -0.1) is 10.2 Å². The summed E-state index contributed by atoms with van der Waals surface area (Å²) in [4.78, 5) is 16.8. The molecule has 0 saturated heterocycles. The van der Waals surface area contributed by atoms with E-state index in [2.05, 4.69) is 10.2 Å². The van der Waals surface area contributed by atoms with E-state index in [9.17, 15) is 4.79 Å². The van der Waals surface area contributed by atoms with Gasteiger partial charge in [-0.05, 0) is 32.0 Å². The van der Waals surface area contributed by atoms with Crippen LogP contribution in [-0.4, -0.2) is 26.3 Å². The molecule has 1 atom stereocenters. The van der Waals surface area contributed by atoms with Crippen molar-refractivity contribution in [1.29, 1.82) is 0 Å². The van der Waals surface area contributed by atoms with Crippen LogP contribution in [0.25, 0.3) is 5.69 Å². The molecule has 0 saturated carbocycles. The van der Waals surface area contributed by atoms with Crippen molar-refractivity contribution in [2.75, 3.05) is 0 Å². The van der Waals surface area contributed by atoms with Crippen molar-refractivity contribution in [3.8, 4) is 5.69 Å². The van der Waals surface area contributed by atoms with E-state index in [4.69, 9.17) is 16.6 Å². The van der Waals surface area contributed by atoms with Crippen molar-refractivity contribution in [1.82, 2.24) is 14.8 Å². The first kappa shape index (κ1) is 16.7. The molecular formula is C20H17ClN4O. The van der Waals surface area contributed by atoms with E-state index in [1.165, 1.54) is 0 Å². The first-order valence-electron chi connectivity index (χ1n) is 8.39. The summed E-state index contributed by atoms with van der Waals surface area (Å²) >= 11 is 6.05. The Hall–Kier alpha value is -2.79. The molecule has 5 nitrogen and oxygen atoms in total. The normalized spacial score (nSPS) is 15.7. The van der Waals surface area contributed by atoms with Crippen LogP contribution >= 0.6 is 11.6 Å². The van der Waals surface area contributed by atoms with Gasteiger partial charge in [0.15, 0.2) is 5.82 Å². The predicted octanol–water partition coefficient (Wildman–Crippen LogP) is 4.10. The van der Waals surface area contributed by atoms with E-state index < -0.39 is 0 Å². The number of para-hydroxylation sites is 1. The highest BCUT2D eigenvalue weighted by Crippen LogP contribution is 2.32. The Kier molecular flexibility index (Phi) is 4.17. The molecule has 2 heterocycles. The van der Waals surface area contributed by atoms with Gasteiger partial charge in [-0.2, -0.15) is 0 Å². The number of carbonyl (C=O) groups excluding carboxylic acids is 1. The van der Waals surface area contributed by atoms with Gasteiger partial charge in [-0.25, -0.2) is 0 Å². The van der Waals surface area contributed by atoms with Crippen LogP contribution in [0.5, 0.6) is 0 Å². The van der Waals surface area contributed by atoms with Crippen LogP contribution in [0.4, 0.5) is 0 Å². The standard InChI is InChI=1S/C20H17ClN4O/c1-12(26)11-17-20-24-23-13(2)25(20)18-6-4-3-5-16(18)19(22-17)14-7-9-15(21)10-8-14/h3-10,17H,11H2,1-2H3/t17-/m0/s1. The van der Waals surface area contributed by atoms with Gasteiger partial charge in [-0.3, -0.25) is 14.4 Å². The Bertz CT molecular complexity index is 1020. The molecule has 1 aromatic heterocycles. The number of hydrogen-bond donors (Lipinski definition) is 0. The SMILES string of the molecule is CC(=O)C[C@@H]1N=C(c2ccc(Cl)cc2)c2ccccc2-n2c(C)nnc21. The molecule has 6 heteroatoms. The van der Waals surface area contributed by atoms with Crippen molar-refractivity contribution in [2.45, 2.75) is 26.3 Å². The third-order valence-corrected chi connectivity index (χ3v) is 4.68. The van der Waals surface area contributed by atoms with Crippen molar-refractivity contribution < 1.29 is 4.79 Å². The zero-order chi connectivity index (χ0) is 18.3. The summed E-state index contributed by atoms with van der Waals surface area (Å²) < 4.78 is 2.00. The second-order valence-electron chi connectivity index (χ2n) is 6.36. The van der Waals surface area contributed by atoms with Gasteiger partial charge in [0.1, 0.15) is 17.6 Å². The Morgan fingerprint density at radius 3 is 2.58 bits per heavy atom. The lowest BCUT2D eigenvalue weighted by molar-refractivity contribution is -0.117. The minimum Gasteiger partial charge on any atom is -0.300 e. The quantitative estimate of drug-likeness (QED) is 0.703. The highest BCUT2D eigenvalue weighted by Gasteiger charge is 2.28.